The Kier molecular flexibility index (Phi) is 21.0. The molecule has 21 nitrogen and oxygen atoms in total. The van der Waals surface area contributed by atoms with Crippen LogP contribution in [0.3, 0.4) is 0 Å². The van der Waals surface area contributed by atoms with Crippen LogP contribution in [0.25, 0.3) is 0 Å². The van der Waals surface area contributed by atoms with Gasteiger partial charge < -0.3 is 55.6 Å². The number of nitrogens with zero attached hydrogens (tertiary/aromatic N) is 5. The molecular weight excluding hydrogens is 919 g/mol. The summed E-state index contributed by atoms with van der Waals surface area (Å²) in [6, 6.07) is -1.08. The summed E-state index contributed by atoms with van der Waals surface area (Å²) in [6.07, 6.45) is 7.52. The van der Waals surface area contributed by atoms with Crippen LogP contribution in [0.4, 0.5) is 4.79 Å². The minimum atomic E-state index is -2.05. The number of carboxylic acid groups (broad SMARTS) is 3. The highest BCUT2D eigenvalue weighted by Gasteiger charge is 2.54. The fourth-order valence-corrected chi connectivity index (χ4v) is 8.28. The first kappa shape index (κ1) is 61.5. The molecule has 3 unspecified atom stereocenters. The number of unbranched alkanes of at least 4 members (excludes halogenated alkanes) is 2. The molecule has 0 spiro atoms. The average Bonchev–Trinajstić information content (AvgIpc) is 3.81. The number of carbonyl (C=O) groups excluding carboxylic acids is 4. The fourth-order valence-electron chi connectivity index (χ4n) is 8.28. The molecule has 0 aromatic carbocycles. The fraction of sp³-hybridized carbons (Fsp3) is 0.740. The molecule has 2 aromatic rings. The number of esters is 2. The number of hydrogen-bond donors (Lipinski definition) is 7. The van der Waals surface area contributed by atoms with E-state index in [1.165, 1.54) is 0 Å². The number of nitrogens with two attached hydrogens (primary N) is 1. The number of hydrogen-bond acceptors (Lipinski definition) is 13. The summed E-state index contributed by atoms with van der Waals surface area (Å²) in [5.41, 5.74) is -2.57. The molecule has 2 aromatic heterocycles. The molecule has 21 heteroatoms. The number of amides is 3. The van der Waals surface area contributed by atoms with Crippen LogP contribution in [0.15, 0.2) is 24.8 Å². The maximum atomic E-state index is 14.0. The Bertz CT molecular complexity index is 2080. The molecule has 0 saturated carbocycles. The van der Waals surface area contributed by atoms with Crippen LogP contribution in [0.2, 0.25) is 0 Å². The highest BCUT2D eigenvalue weighted by Crippen LogP contribution is 2.38. The molecule has 3 amide bonds. The number of urea groups is 1. The lowest BCUT2D eigenvalue weighted by atomic mass is 9.69. The summed E-state index contributed by atoms with van der Waals surface area (Å²) in [5, 5.41) is 38.3. The summed E-state index contributed by atoms with van der Waals surface area (Å²) >= 11 is 0. The van der Waals surface area contributed by atoms with Crippen molar-refractivity contribution in [1.29, 1.82) is 0 Å². The molecule has 0 radical (unpaired) electrons. The molecule has 8 N–H and O–H groups in total. The second-order valence-corrected chi connectivity index (χ2v) is 23.6. The van der Waals surface area contributed by atoms with Gasteiger partial charge in [0.05, 0.1) is 13.1 Å². The van der Waals surface area contributed by atoms with Crippen molar-refractivity contribution >= 4 is 41.8 Å². The number of aliphatic carboxylic acids is 3. The highest BCUT2D eigenvalue weighted by atomic mass is 16.6. The van der Waals surface area contributed by atoms with Gasteiger partial charge in [-0.2, -0.15) is 0 Å². The smallest absolute Gasteiger partial charge is 0.330 e. The van der Waals surface area contributed by atoms with Gasteiger partial charge in [0, 0.05) is 37.8 Å². The van der Waals surface area contributed by atoms with Crippen LogP contribution in [-0.2, 0) is 64.4 Å². The normalized spacial score (nSPS) is 15.2. The second kappa shape index (κ2) is 24.2. The second-order valence-electron chi connectivity index (χ2n) is 23.6. The van der Waals surface area contributed by atoms with E-state index in [0.29, 0.717) is 57.0 Å². The van der Waals surface area contributed by atoms with Crippen LogP contribution in [0.5, 0.6) is 0 Å². The van der Waals surface area contributed by atoms with Crippen molar-refractivity contribution in [3.63, 3.8) is 0 Å². The number of nitrogens with one attached hydrogen (secondary N) is 3. The predicted octanol–water partition coefficient (Wildman–Crippen LogP) is 5.87. The lowest BCUT2D eigenvalue weighted by Crippen LogP contribution is -2.69. The summed E-state index contributed by atoms with van der Waals surface area (Å²) in [7, 11) is 0. The van der Waals surface area contributed by atoms with Gasteiger partial charge in [-0.1, -0.05) is 62.3 Å². The van der Waals surface area contributed by atoms with E-state index >= 15 is 0 Å². The van der Waals surface area contributed by atoms with Gasteiger partial charge in [-0.05, 0) is 109 Å². The third-order valence-electron chi connectivity index (χ3n) is 12.7. The van der Waals surface area contributed by atoms with Gasteiger partial charge >= 0.3 is 35.9 Å². The zero-order valence-corrected chi connectivity index (χ0v) is 45.0. The molecule has 0 aliphatic rings. The van der Waals surface area contributed by atoms with Crippen molar-refractivity contribution < 1.29 is 58.4 Å². The van der Waals surface area contributed by atoms with Gasteiger partial charge in [-0.15, -0.1) is 0 Å². The first-order valence-electron chi connectivity index (χ1n) is 24.3. The number of rotatable bonds is 26. The van der Waals surface area contributed by atoms with Crippen LogP contribution in [0, 0.1) is 16.2 Å². The molecule has 2 rings (SSSR count). The summed E-state index contributed by atoms with van der Waals surface area (Å²) in [5.74, 6) is -4.06. The minimum absolute atomic E-state index is 0.0421. The van der Waals surface area contributed by atoms with Crippen LogP contribution in [-0.4, -0.2) is 122 Å². The van der Waals surface area contributed by atoms with Crippen molar-refractivity contribution in [2.24, 2.45) is 22.0 Å². The summed E-state index contributed by atoms with van der Waals surface area (Å²) in [6.45, 7) is 27.2. The van der Waals surface area contributed by atoms with E-state index in [1.807, 2.05) is 20.8 Å². The Morgan fingerprint density at radius 1 is 0.606 bits per heavy atom. The van der Waals surface area contributed by atoms with E-state index in [-0.39, 0.29) is 38.4 Å². The van der Waals surface area contributed by atoms with Crippen molar-refractivity contribution in [2.45, 2.75) is 209 Å². The van der Waals surface area contributed by atoms with Crippen LogP contribution >= 0.6 is 0 Å². The Balaban J connectivity index is 2.24. The molecule has 0 fully saturated rings. The van der Waals surface area contributed by atoms with Gasteiger partial charge in [0.15, 0.2) is 0 Å². The number of aromatic nitrogens is 4. The third kappa shape index (κ3) is 17.9. The summed E-state index contributed by atoms with van der Waals surface area (Å²) in [4.78, 5) is 102. The number of ether oxygens (including phenoxy) is 2. The monoisotopic (exact) mass is 1000 g/mol. The van der Waals surface area contributed by atoms with E-state index in [2.05, 4.69) is 30.8 Å². The van der Waals surface area contributed by atoms with E-state index in [4.69, 9.17) is 15.2 Å². The first-order valence-corrected chi connectivity index (χ1v) is 24.3. The zero-order chi connectivity index (χ0) is 54.6. The predicted molar refractivity (Wildman–Crippen MR) is 266 cm³/mol. The highest BCUT2D eigenvalue weighted by molar-refractivity contribution is 5.91. The minimum Gasteiger partial charge on any atom is -0.481 e. The standard InChI is InChI=1S/C50H85N9O12/c1-43(2,3)48(51,39(64)54-24-18-16-22-49(40(65)66,44(4,5)6)55-42(69)56-50(41(67)68,45(7,8)9)23-20-36(60)61)21-17-19-27-57(30-34-52-25-28-58(34)32-37(62)70-46(10,11)12)31-35-53-26-29-59(35)33-38(63)71-47(13,14)15/h25-26,28-29H,16-24,27,30-33,51H2,1-15H3,(H,54,64)(H,60,61)(H,65,66)(H,67,68)(H2,55,56,69). The number of carboxylic acids is 3. The van der Waals surface area contributed by atoms with Gasteiger partial charge in [0.25, 0.3) is 0 Å². The van der Waals surface area contributed by atoms with E-state index in [0.717, 1.165) is 0 Å². The maximum Gasteiger partial charge on any atom is 0.330 e. The Labute approximate surface area is 419 Å². The molecule has 0 saturated heterocycles. The number of carbonyl (C=O) groups is 7. The van der Waals surface area contributed by atoms with Crippen molar-refractivity contribution in [1.82, 2.24) is 40.0 Å². The van der Waals surface area contributed by atoms with Gasteiger partial charge in [0.1, 0.15) is 52.6 Å². The van der Waals surface area contributed by atoms with E-state index in [1.54, 1.807) is 117 Å². The SMILES string of the molecule is CC(C)(C)OC(=O)Cn1ccnc1CN(CCCCC(N)(C(=O)NCCCCC(NC(=O)NC(CCC(=O)O)(C(=O)O)C(C)(C)C)(C(=O)O)C(C)(C)C)C(C)(C)C)Cc1nccn1CC(=O)OC(C)(C)C. The quantitative estimate of drug-likeness (QED) is 0.0428. The van der Waals surface area contributed by atoms with Gasteiger partial charge in [-0.3, -0.25) is 24.1 Å². The van der Waals surface area contributed by atoms with E-state index < -0.39 is 92.8 Å². The molecular formula is C50H85N9O12. The first-order chi connectivity index (χ1) is 32.3. The Morgan fingerprint density at radius 3 is 1.41 bits per heavy atom. The lowest BCUT2D eigenvalue weighted by Gasteiger charge is -2.45. The molecule has 3 atom stereocenters. The lowest BCUT2D eigenvalue weighted by molar-refractivity contribution is -0.156. The Morgan fingerprint density at radius 2 is 1.03 bits per heavy atom. The summed E-state index contributed by atoms with van der Waals surface area (Å²) < 4.78 is 14.6. The third-order valence-corrected chi connectivity index (χ3v) is 12.7. The zero-order valence-electron chi connectivity index (χ0n) is 45.0. The maximum absolute atomic E-state index is 14.0. The Hall–Kier alpha value is -5.57. The molecule has 402 valence electrons. The molecule has 71 heavy (non-hydrogen) atoms. The topological polar surface area (TPSA) is 300 Å². The van der Waals surface area contributed by atoms with Crippen molar-refractivity contribution in [3.8, 4) is 0 Å². The molecule has 2 heterocycles. The van der Waals surface area contributed by atoms with Gasteiger partial charge in [0.2, 0.25) is 5.91 Å². The number of imidazole rings is 2. The van der Waals surface area contributed by atoms with E-state index in [9.17, 15) is 48.9 Å². The molecule has 0 aliphatic heterocycles. The van der Waals surface area contributed by atoms with Crippen molar-refractivity contribution in [3.05, 3.63) is 36.4 Å². The van der Waals surface area contributed by atoms with Crippen LogP contribution < -0.4 is 21.7 Å². The van der Waals surface area contributed by atoms with Crippen molar-refractivity contribution in [2.75, 3.05) is 13.1 Å². The molecule has 0 aliphatic carbocycles. The largest absolute Gasteiger partial charge is 0.481 e. The molecule has 0 bridgehead atoms. The van der Waals surface area contributed by atoms with Crippen LogP contribution in [0.1, 0.15) is 167 Å². The average molecular weight is 1000 g/mol. The van der Waals surface area contributed by atoms with Gasteiger partial charge in [-0.25, -0.2) is 24.4 Å².